The monoisotopic (exact) mass is 200 g/mol. The molecule has 0 aliphatic carbocycles. The number of hydrogen-bond donors (Lipinski definition) is 1. The van der Waals surface area contributed by atoms with Crippen molar-refractivity contribution in [3.05, 3.63) is 28.5 Å². The number of rotatable bonds is 2. The lowest BCUT2D eigenvalue weighted by molar-refractivity contribution is 0.0600. The third-order valence-corrected chi connectivity index (χ3v) is 1.83. The molecule has 0 fully saturated rings. The molecule has 1 aromatic heterocycles. The minimum Gasteiger partial charge on any atom is -0.465 e. The molecule has 1 aromatic rings. The zero-order valence-electron chi connectivity index (χ0n) is 7.08. The van der Waals surface area contributed by atoms with E-state index in [1.807, 2.05) is 0 Å². The highest BCUT2D eigenvalue weighted by molar-refractivity contribution is 6.33. The zero-order valence-corrected chi connectivity index (χ0v) is 7.84. The molecular weight excluding hydrogens is 192 g/mol. The fraction of sp³-hybridized carbons (Fsp3) is 0.250. The van der Waals surface area contributed by atoms with Crippen LogP contribution in [0.25, 0.3) is 0 Å². The topological polar surface area (TPSA) is 65.2 Å². The van der Waals surface area contributed by atoms with Crippen LogP contribution in [-0.2, 0) is 11.3 Å². The van der Waals surface area contributed by atoms with Gasteiger partial charge in [0.05, 0.1) is 23.4 Å². The van der Waals surface area contributed by atoms with Gasteiger partial charge in [-0.25, -0.2) is 4.79 Å². The Balaban J connectivity index is 3.11. The van der Waals surface area contributed by atoms with E-state index >= 15 is 0 Å². The van der Waals surface area contributed by atoms with Crippen molar-refractivity contribution in [3.8, 4) is 0 Å². The molecule has 4 nitrogen and oxygen atoms in total. The van der Waals surface area contributed by atoms with Crippen molar-refractivity contribution in [2.45, 2.75) is 6.54 Å². The van der Waals surface area contributed by atoms with Crippen LogP contribution in [0.4, 0.5) is 0 Å². The third-order valence-electron chi connectivity index (χ3n) is 1.53. The summed E-state index contributed by atoms with van der Waals surface area (Å²) in [7, 11) is 1.29. The van der Waals surface area contributed by atoms with Crippen molar-refractivity contribution in [2.24, 2.45) is 5.73 Å². The van der Waals surface area contributed by atoms with Gasteiger partial charge in [-0.2, -0.15) is 0 Å². The second-order valence-corrected chi connectivity index (χ2v) is 2.76. The fourth-order valence-corrected chi connectivity index (χ4v) is 1.04. The molecule has 1 rings (SSSR count). The van der Waals surface area contributed by atoms with E-state index in [1.165, 1.54) is 19.4 Å². The maximum Gasteiger partial charge on any atom is 0.339 e. The Morgan fingerprint density at radius 1 is 1.77 bits per heavy atom. The van der Waals surface area contributed by atoms with Crippen LogP contribution in [0.5, 0.6) is 0 Å². The van der Waals surface area contributed by atoms with Crippen molar-refractivity contribution in [1.82, 2.24) is 4.98 Å². The molecule has 0 saturated heterocycles. The summed E-state index contributed by atoms with van der Waals surface area (Å²) in [6.45, 7) is 0.265. The molecule has 0 unspecified atom stereocenters. The number of ether oxygens (including phenoxy) is 1. The Hall–Kier alpha value is -1.13. The van der Waals surface area contributed by atoms with Gasteiger partial charge >= 0.3 is 5.97 Å². The van der Waals surface area contributed by atoms with Crippen molar-refractivity contribution in [2.75, 3.05) is 7.11 Å². The van der Waals surface area contributed by atoms with E-state index < -0.39 is 5.97 Å². The Bertz CT molecular complexity index is 328. The number of nitrogens with two attached hydrogens (primary N) is 1. The molecule has 0 atom stereocenters. The van der Waals surface area contributed by atoms with Gasteiger partial charge in [-0.1, -0.05) is 11.6 Å². The normalized spacial score (nSPS) is 9.77. The molecule has 0 spiro atoms. The quantitative estimate of drug-likeness (QED) is 0.723. The maximum atomic E-state index is 11.1. The number of carbonyl (C=O) groups is 1. The Kier molecular flexibility index (Phi) is 3.22. The summed E-state index contributed by atoms with van der Waals surface area (Å²) in [4.78, 5) is 15.0. The Labute approximate surface area is 80.7 Å². The highest BCUT2D eigenvalue weighted by Crippen LogP contribution is 2.16. The molecule has 5 heteroatoms. The fourth-order valence-electron chi connectivity index (χ4n) is 0.860. The van der Waals surface area contributed by atoms with Gasteiger partial charge in [0.1, 0.15) is 0 Å². The molecule has 1 heterocycles. The summed E-state index contributed by atoms with van der Waals surface area (Å²) in [5.74, 6) is -0.484. The predicted molar refractivity (Wildman–Crippen MR) is 48.5 cm³/mol. The molecule has 0 aromatic carbocycles. The van der Waals surface area contributed by atoms with E-state index in [4.69, 9.17) is 17.3 Å². The van der Waals surface area contributed by atoms with Crippen LogP contribution < -0.4 is 5.73 Å². The van der Waals surface area contributed by atoms with Crippen LogP contribution in [0.15, 0.2) is 12.3 Å². The lowest BCUT2D eigenvalue weighted by atomic mass is 10.2. The van der Waals surface area contributed by atoms with Gasteiger partial charge in [-0.05, 0) is 6.07 Å². The second-order valence-electron chi connectivity index (χ2n) is 2.35. The van der Waals surface area contributed by atoms with E-state index in [1.54, 1.807) is 0 Å². The minimum absolute atomic E-state index is 0.265. The van der Waals surface area contributed by atoms with Gasteiger partial charge in [-0.3, -0.25) is 4.98 Å². The summed E-state index contributed by atoms with van der Waals surface area (Å²) in [5.41, 5.74) is 6.25. The van der Waals surface area contributed by atoms with Crippen molar-refractivity contribution < 1.29 is 9.53 Å². The van der Waals surface area contributed by atoms with Crippen LogP contribution in [0.1, 0.15) is 16.1 Å². The highest BCUT2D eigenvalue weighted by atomic mass is 35.5. The van der Waals surface area contributed by atoms with Crippen molar-refractivity contribution in [3.63, 3.8) is 0 Å². The Morgan fingerprint density at radius 2 is 2.46 bits per heavy atom. The van der Waals surface area contributed by atoms with Crippen molar-refractivity contribution in [1.29, 1.82) is 0 Å². The van der Waals surface area contributed by atoms with Gasteiger partial charge in [0.2, 0.25) is 0 Å². The van der Waals surface area contributed by atoms with Gasteiger partial charge in [-0.15, -0.1) is 0 Å². The van der Waals surface area contributed by atoms with Crippen molar-refractivity contribution >= 4 is 17.6 Å². The Morgan fingerprint density at radius 3 is 3.00 bits per heavy atom. The van der Waals surface area contributed by atoms with E-state index in [0.29, 0.717) is 11.3 Å². The highest BCUT2D eigenvalue weighted by Gasteiger charge is 2.11. The first kappa shape index (κ1) is 9.95. The molecule has 2 N–H and O–H groups in total. The summed E-state index contributed by atoms with van der Waals surface area (Å²) in [5, 5.41) is 0.268. The number of hydrogen-bond acceptors (Lipinski definition) is 4. The number of aromatic nitrogens is 1. The first-order valence-electron chi connectivity index (χ1n) is 3.62. The lowest BCUT2D eigenvalue weighted by Gasteiger charge is -2.03. The number of methoxy groups -OCH3 is 1. The zero-order chi connectivity index (χ0) is 9.84. The molecule has 13 heavy (non-hydrogen) atoms. The molecule has 0 saturated carbocycles. The van der Waals surface area contributed by atoms with Gasteiger partial charge < -0.3 is 10.5 Å². The van der Waals surface area contributed by atoms with Crippen LogP contribution >= 0.6 is 11.6 Å². The number of halogens is 1. The summed E-state index contributed by atoms with van der Waals surface area (Å²) in [6.07, 6.45) is 1.38. The van der Waals surface area contributed by atoms with Gasteiger partial charge in [0.15, 0.2) is 0 Å². The molecule has 0 aliphatic heterocycles. The molecule has 70 valence electrons. The minimum atomic E-state index is -0.484. The summed E-state index contributed by atoms with van der Waals surface area (Å²) >= 11 is 5.72. The van der Waals surface area contributed by atoms with Crippen LogP contribution in [-0.4, -0.2) is 18.1 Å². The van der Waals surface area contributed by atoms with Crippen LogP contribution in [0.2, 0.25) is 5.02 Å². The molecule has 0 amide bonds. The van der Waals surface area contributed by atoms with Gasteiger partial charge in [0.25, 0.3) is 0 Å². The number of pyridine rings is 1. The van der Waals surface area contributed by atoms with Gasteiger partial charge in [0, 0.05) is 12.7 Å². The van der Waals surface area contributed by atoms with E-state index in [2.05, 4.69) is 9.72 Å². The largest absolute Gasteiger partial charge is 0.465 e. The summed E-state index contributed by atoms with van der Waals surface area (Å²) < 4.78 is 4.52. The lowest BCUT2D eigenvalue weighted by Crippen LogP contribution is -2.06. The standard InChI is InChI=1S/C8H9ClN2O2/c1-13-8(12)6-2-5(3-10)11-4-7(6)9/h2,4H,3,10H2,1H3. The smallest absolute Gasteiger partial charge is 0.339 e. The molecule has 0 radical (unpaired) electrons. The van der Waals surface area contributed by atoms with E-state index in [0.717, 1.165) is 0 Å². The SMILES string of the molecule is COC(=O)c1cc(CN)ncc1Cl. The number of esters is 1. The molecule has 0 bridgehead atoms. The molecule has 0 aliphatic rings. The van der Waals surface area contributed by atoms with Crippen LogP contribution in [0.3, 0.4) is 0 Å². The number of carbonyl (C=O) groups excluding carboxylic acids is 1. The molecular formula is C8H9ClN2O2. The second kappa shape index (κ2) is 4.20. The van der Waals surface area contributed by atoms with Crippen LogP contribution in [0, 0.1) is 0 Å². The maximum absolute atomic E-state index is 11.1. The predicted octanol–water partition coefficient (Wildman–Crippen LogP) is 0.980. The number of nitrogens with zero attached hydrogens (tertiary/aromatic N) is 1. The van der Waals surface area contributed by atoms with E-state index in [-0.39, 0.29) is 11.6 Å². The first-order chi connectivity index (χ1) is 6.19. The third kappa shape index (κ3) is 2.17. The van der Waals surface area contributed by atoms with E-state index in [9.17, 15) is 4.79 Å². The average molecular weight is 201 g/mol. The summed E-state index contributed by atoms with van der Waals surface area (Å²) in [6, 6.07) is 1.52. The first-order valence-corrected chi connectivity index (χ1v) is 3.99. The average Bonchev–Trinajstić information content (AvgIpc) is 2.17.